The van der Waals surface area contributed by atoms with Crippen LogP contribution in [0.2, 0.25) is 0 Å². The molecule has 176 valence electrons. The van der Waals surface area contributed by atoms with E-state index in [1.54, 1.807) is 10.4 Å². The smallest absolute Gasteiger partial charge is 0.0748 e. The Labute approximate surface area is 233 Å². The largest absolute Gasteiger partial charge is 0.111 e. The van der Waals surface area contributed by atoms with Gasteiger partial charge in [-0.2, -0.15) is 0 Å². The van der Waals surface area contributed by atoms with E-state index < -0.39 is 0 Å². The Morgan fingerprint density at radius 1 is 0.722 bits per heavy atom. The second kappa shape index (κ2) is 10.1. The third-order valence-corrected chi connectivity index (χ3v) is 9.76. The van der Waals surface area contributed by atoms with Crippen LogP contribution in [0.15, 0.2) is 104 Å². The average molecular weight is 610 g/mol. The Bertz CT molecular complexity index is 1490. The van der Waals surface area contributed by atoms with Crippen molar-refractivity contribution >= 4 is 53.5 Å². The van der Waals surface area contributed by atoms with Crippen LogP contribution in [0.3, 0.4) is 0 Å². The first-order valence-electron chi connectivity index (χ1n) is 12.6. The van der Waals surface area contributed by atoms with Gasteiger partial charge < -0.3 is 0 Å². The number of fused-ring (bicyclic) bond motifs is 2. The standard InChI is InChI=1S/C33H26Br2Si/c1-2-5-30-29-9-4-8-28(22-12-16-25(35)17-13-22)32(29)20-33(30)36-26-18-23-6-3-7-27(31(23)19-26)21-10-14-24(34)15-11-21/h3-4,6-17,19-20,30H,2,5,18H2,1H3. The Morgan fingerprint density at radius 2 is 1.33 bits per heavy atom. The van der Waals surface area contributed by atoms with Crippen LogP contribution in [-0.4, -0.2) is 9.52 Å². The molecule has 4 aromatic rings. The molecule has 0 bridgehead atoms. The highest BCUT2D eigenvalue weighted by Gasteiger charge is 2.28. The zero-order chi connectivity index (χ0) is 24.6. The summed E-state index contributed by atoms with van der Waals surface area (Å²) in [5.74, 6) is 0.522. The van der Waals surface area contributed by atoms with E-state index in [1.165, 1.54) is 57.3 Å². The van der Waals surface area contributed by atoms with Crippen molar-refractivity contribution in [3.63, 3.8) is 0 Å². The second-order valence-corrected chi connectivity index (χ2v) is 12.9. The van der Waals surface area contributed by atoms with E-state index >= 15 is 0 Å². The van der Waals surface area contributed by atoms with Crippen molar-refractivity contribution in [1.29, 1.82) is 0 Å². The van der Waals surface area contributed by atoms with Crippen LogP contribution >= 0.6 is 31.9 Å². The van der Waals surface area contributed by atoms with Gasteiger partial charge >= 0.3 is 0 Å². The molecule has 0 fully saturated rings. The first kappa shape index (κ1) is 23.9. The molecule has 36 heavy (non-hydrogen) atoms. The summed E-state index contributed by atoms with van der Waals surface area (Å²) in [6.07, 6.45) is 8.46. The molecule has 0 saturated carbocycles. The van der Waals surface area contributed by atoms with Gasteiger partial charge in [-0.05, 0) is 81.6 Å². The molecule has 4 aromatic carbocycles. The fraction of sp³-hybridized carbons (Fsp3) is 0.152. The summed E-state index contributed by atoms with van der Waals surface area (Å²) in [5.41, 5.74) is 11.0. The number of benzene rings is 4. The monoisotopic (exact) mass is 608 g/mol. The Hall–Kier alpha value is -2.46. The third kappa shape index (κ3) is 4.53. The SMILES string of the molecule is CCCC1C([Si]C2=Cc3c(cccc3-c3ccc(Br)cc3)C2)=Cc2c(-c3ccc(Br)cc3)cccc21. The van der Waals surface area contributed by atoms with Crippen LogP contribution in [0.25, 0.3) is 34.4 Å². The van der Waals surface area contributed by atoms with Crippen molar-refractivity contribution in [2.45, 2.75) is 32.1 Å². The number of rotatable bonds is 6. The molecule has 1 atom stereocenters. The molecule has 0 nitrogen and oxygen atoms in total. The molecule has 2 radical (unpaired) electrons. The van der Waals surface area contributed by atoms with E-state index in [4.69, 9.17) is 0 Å². The Balaban J connectivity index is 1.34. The molecule has 2 aliphatic carbocycles. The minimum Gasteiger partial charge on any atom is -0.0748 e. The molecular formula is C33H26Br2Si. The zero-order valence-electron chi connectivity index (χ0n) is 20.2. The molecule has 3 heteroatoms. The predicted octanol–water partition coefficient (Wildman–Crippen LogP) is 10.1. The van der Waals surface area contributed by atoms with Crippen LogP contribution < -0.4 is 0 Å². The van der Waals surface area contributed by atoms with Crippen molar-refractivity contribution in [3.8, 4) is 22.3 Å². The number of halogens is 2. The lowest BCUT2D eigenvalue weighted by molar-refractivity contribution is 0.716. The number of hydrogen-bond acceptors (Lipinski definition) is 0. The molecule has 0 aromatic heterocycles. The fourth-order valence-electron chi connectivity index (χ4n) is 5.59. The highest BCUT2D eigenvalue weighted by Crippen LogP contribution is 2.44. The van der Waals surface area contributed by atoms with E-state index in [0.29, 0.717) is 5.92 Å². The van der Waals surface area contributed by atoms with Crippen molar-refractivity contribution in [2.24, 2.45) is 0 Å². The summed E-state index contributed by atoms with van der Waals surface area (Å²) in [6, 6.07) is 31.1. The average Bonchev–Trinajstić information content (AvgIpc) is 3.46. The maximum Gasteiger partial charge on any atom is 0.111 e. The van der Waals surface area contributed by atoms with Gasteiger partial charge in [-0.3, -0.25) is 0 Å². The Morgan fingerprint density at radius 3 is 1.97 bits per heavy atom. The van der Waals surface area contributed by atoms with Gasteiger partial charge in [0.25, 0.3) is 0 Å². The summed E-state index contributed by atoms with van der Waals surface area (Å²) < 4.78 is 2.24. The van der Waals surface area contributed by atoms with Crippen LogP contribution in [-0.2, 0) is 6.42 Å². The molecule has 0 amide bonds. The van der Waals surface area contributed by atoms with Crippen LogP contribution in [0, 0.1) is 0 Å². The Kier molecular flexibility index (Phi) is 6.72. The van der Waals surface area contributed by atoms with Gasteiger partial charge in [-0.1, -0.05) is 128 Å². The van der Waals surface area contributed by atoms with Crippen LogP contribution in [0.4, 0.5) is 0 Å². The van der Waals surface area contributed by atoms with Gasteiger partial charge in [-0.15, -0.1) is 0 Å². The van der Waals surface area contributed by atoms with Crippen molar-refractivity contribution in [3.05, 3.63) is 127 Å². The van der Waals surface area contributed by atoms with Crippen LogP contribution in [0.1, 0.15) is 47.9 Å². The normalized spacial score (nSPS) is 15.9. The highest BCUT2D eigenvalue weighted by molar-refractivity contribution is 9.10. The molecule has 2 aliphatic rings. The van der Waals surface area contributed by atoms with E-state index in [0.717, 1.165) is 24.9 Å². The number of allylic oxidation sites excluding steroid dienone is 2. The number of hydrogen-bond donors (Lipinski definition) is 0. The molecule has 6 rings (SSSR count). The topological polar surface area (TPSA) is 0 Å². The molecule has 0 spiro atoms. The minimum absolute atomic E-state index is 0.522. The second-order valence-electron chi connectivity index (χ2n) is 9.61. The van der Waals surface area contributed by atoms with E-state index in [2.05, 4.69) is 136 Å². The third-order valence-electron chi connectivity index (χ3n) is 7.28. The zero-order valence-corrected chi connectivity index (χ0v) is 24.4. The van der Waals surface area contributed by atoms with Crippen molar-refractivity contribution in [1.82, 2.24) is 0 Å². The van der Waals surface area contributed by atoms with Gasteiger partial charge in [0.2, 0.25) is 0 Å². The molecule has 0 heterocycles. The lowest BCUT2D eigenvalue weighted by Crippen LogP contribution is -2.08. The maximum atomic E-state index is 3.59. The minimum atomic E-state index is 0.522. The predicted molar refractivity (Wildman–Crippen MR) is 162 cm³/mol. The van der Waals surface area contributed by atoms with Gasteiger partial charge in [0.05, 0.1) is 0 Å². The summed E-state index contributed by atoms with van der Waals surface area (Å²) in [5, 5.41) is 3.15. The summed E-state index contributed by atoms with van der Waals surface area (Å²) in [6.45, 7) is 2.31. The van der Waals surface area contributed by atoms with Crippen molar-refractivity contribution < 1.29 is 0 Å². The first-order valence-corrected chi connectivity index (χ1v) is 15.1. The van der Waals surface area contributed by atoms with Gasteiger partial charge in [0.1, 0.15) is 9.52 Å². The summed E-state index contributed by atoms with van der Waals surface area (Å²) in [7, 11) is 0.734. The molecular weight excluding hydrogens is 584 g/mol. The van der Waals surface area contributed by atoms with E-state index in [1.807, 2.05) is 0 Å². The van der Waals surface area contributed by atoms with Crippen molar-refractivity contribution in [2.75, 3.05) is 0 Å². The maximum absolute atomic E-state index is 3.59. The summed E-state index contributed by atoms with van der Waals surface area (Å²) >= 11 is 7.16. The lowest BCUT2D eigenvalue weighted by Gasteiger charge is -2.17. The molecule has 0 aliphatic heterocycles. The van der Waals surface area contributed by atoms with Gasteiger partial charge in [0, 0.05) is 14.9 Å². The molecule has 1 unspecified atom stereocenters. The van der Waals surface area contributed by atoms with Gasteiger partial charge in [-0.25, -0.2) is 0 Å². The van der Waals surface area contributed by atoms with E-state index in [9.17, 15) is 0 Å². The highest BCUT2D eigenvalue weighted by atomic mass is 79.9. The molecule has 0 N–H and O–H groups in total. The summed E-state index contributed by atoms with van der Waals surface area (Å²) in [4.78, 5) is 0. The fourth-order valence-corrected chi connectivity index (χ4v) is 7.68. The van der Waals surface area contributed by atoms with Crippen LogP contribution in [0.5, 0.6) is 0 Å². The van der Waals surface area contributed by atoms with Gasteiger partial charge in [0.15, 0.2) is 0 Å². The molecule has 0 saturated heterocycles. The first-order chi connectivity index (χ1) is 17.6. The van der Waals surface area contributed by atoms with E-state index in [-0.39, 0.29) is 0 Å². The quantitative estimate of drug-likeness (QED) is 0.191. The lowest BCUT2D eigenvalue weighted by atomic mass is 9.92.